The number of piperidine rings is 2. The van der Waals surface area contributed by atoms with Gasteiger partial charge in [0.25, 0.3) is 0 Å². The first kappa shape index (κ1) is 24.8. The van der Waals surface area contributed by atoms with Gasteiger partial charge >= 0.3 is 6.09 Å². The van der Waals surface area contributed by atoms with Crippen LogP contribution in [-0.4, -0.2) is 91.8 Å². The van der Waals surface area contributed by atoms with Crippen molar-refractivity contribution in [1.29, 1.82) is 0 Å². The van der Waals surface area contributed by atoms with E-state index in [1.54, 1.807) is 0 Å². The molecule has 7 nitrogen and oxygen atoms in total. The third kappa shape index (κ3) is 8.32. The smallest absolute Gasteiger partial charge is 0.410 e. The zero-order valence-electron chi connectivity index (χ0n) is 20.2. The fourth-order valence-corrected chi connectivity index (χ4v) is 4.36. The average molecular weight is 424 g/mol. The molecule has 2 aliphatic heterocycles. The molecule has 1 unspecified atom stereocenters. The summed E-state index contributed by atoms with van der Waals surface area (Å²) in [5.74, 6) is 2.24. The van der Waals surface area contributed by atoms with Crippen molar-refractivity contribution in [3.8, 4) is 0 Å². The van der Waals surface area contributed by atoms with E-state index in [9.17, 15) is 4.79 Å². The van der Waals surface area contributed by atoms with Gasteiger partial charge in [0.05, 0.1) is 0 Å². The first-order chi connectivity index (χ1) is 14.2. The van der Waals surface area contributed by atoms with Gasteiger partial charge in [0.1, 0.15) is 5.60 Å². The van der Waals surface area contributed by atoms with Crippen molar-refractivity contribution in [1.82, 2.24) is 20.0 Å². The highest BCUT2D eigenvalue weighted by Gasteiger charge is 2.27. The van der Waals surface area contributed by atoms with Crippen LogP contribution < -0.4 is 5.32 Å². The van der Waals surface area contributed by atoms with Crippen LogP contribution in [0.25, 0.3) is 0 Å². The lowest BCUT2D eigenvalue weighted by molar-refractivity contribution is 0.0214. The lowest BCUT2D eigenvalue weighted by Crippen LogP contribution is -2.48. The summed E-state index contributed by atoms with van der Waals surface area (Å²) in [5, 5.41) is 3.49. The van der Waals surface area contributed by atoms with Gasteiger partial charge in [0, 0.05) is 45.8 Å². The predicted octanol–water partition coefficient (Wildman–Crippen LogP) is 3.26. The minimum atomic E-state index is -0.446. The van der Waals surface area contributed by atoms with E-state index in [0.717, 1.165) is 58.1 Å². The van der Waals surface area contributed by atoms with Gasteiger partial charge in [-0.1, -0.05) is 0 Å². The predicted molar refractivity (Wildman–Crippen MR) is 124 cm³/mol. The fraction of sp³-hybridized carbons (Fsp3) is 0.913. The van der Waals surface area contributed by atoms with Gasteiger partial charge in [-0.3, -0.25) is 4.99 Å². The molecule has 2 aliphatic rings. The highest BCUT2D eigenvalue weighted by atomic mass is 16.6. The van der Waals surface area contributed by atoms with Crippen molar-refractivity contribution in [2.45, 2.75) is 65.9 Å². The molecular weight excluding hydrogens is 378 g/mol. The number of guanidine groups is 1. The maximum absolute atomic E-state index is 12.4. The van der Waals surface area contributed by atoms with Crippen molar-refractivity contribution in [3.63, 3.8) is 0 Å². The molecule has 0 aromatic carbocycles. The molecular formula is C23H45N5O2. The topological polar surface area (TPSA) is 60.4 Å². The molecule has 1 N–H and O–H groups in total. The molecule has 0 aromatic rings. The first-order valence-electron chi connectivity index (χ1n) is 11.9. The minimum absolute atomic E-state index is 0.195. The first-order valence-corrected chi connectivity index (χ1v) is 11.9. The standard InChI is InChI=1S/C23H45N5O2/c1-7-24-21(25-16-20-10-9-13-26(6)17-20)28-14-11-19(12-15-28)18-27(8-2)22(29)30-23(3,4)5/h19-20H,7-18H2,1-6H3,(H,24,25). The normalized spacial score (nSPS) is 22.1. The number of ether oxygens (including phenoxy) is 1. The molecule has 2 rings (SSSR count). The van der Waals surface area contributed by atoms with Crippen LogP contribution in [0.4, 0.5) is 4.79 Å². The summed E-state index contributed by atoms with van der Waals surface area (Å²) in [4.78, 5) is 24.1. The van der Waals surface area contributed by atoms with E-state index in [0.29, 0.717) is 18.4 Å². The van der Waals surface area contributed by atoms with Crippen LogP contribution in [0, 0.1) is 11.8 Å². The molecule has 1 amide bonds. The molecule has 7 heteroatoms. The Kier molecular flexibility index (Phi) is 9.72. The third-order valence-corrected chi connectivity index (χ3v) is 5.98. The summed E-state index contributed by atoms with van der Waals surface area (Å²) in [7, 11) is 2.21. The van der Waals surface area contributed by atoms with Crippen molar-refractivity contribution < 1.29 is 9.53 Å². The van der Waals surface area contributed by atoms with Gasteiger partial charge in [0.2, 0.25) is 0 Å². The monoisotopic (exact) mass is 423 g/mol. The Labute approximate surface area is 184 Å². The van der Waals surface area contributed by atoms with Gasteiger partial charge in [-0.05, 0) is 85.7 Å². The number of carbonyl (C=O) groups is 1. The van der Waals surface area contributed by atoms with Crippen LogP contribution in [0.1, 0.15) is 60.3 Å². The number of hydrogen-bond acceptors (Lipinski definition) is 4. The zero-order chi connectivity index (χ0) is 22.1. The maximum atomic E-state index is 12.4. The quantitative estimate of drug-likeness (QED) is 0.525. The molecule has 1 atom stereocenters. The second-order valence-corrected chi connectivity index (χ2v) is 9.91. The number of aliphatic imine (C=N–C) groups is 1. The summed E-state index contributed by atoms with van der Waals surface area (Å²) >= 11 is 0. The number of rotatable bonds is 6. The summed E-state index contributed by atoms with van der Waals surface area (Å²) in [5.41, 5.74) is -0.446. The number of nitrogens with one attached hydrogen (secondary N) is 1. The van der Waals surface area contributed by atoms with E-state index in [1.165, 1.54) is 19.4 Å². The highest BCUT2D eigenvalue weighted by Crippen LogP contribution is 2.21. The Hall–Kier alpha value is -1.50. The number of hydrogen-bond donors (Lipinski definition) is 1. The Balaban J connectivity index is 1.85. The van der Waals surface area contributed by atoms with Gasteiger partial charge in [-0.25, -0.2) is 4.79 Å². The van der Waals surface area contributed by atoms with Crippen molar-refractivity contribution >= 4 is 12.1 Å². The Bertz CT molecular complexity index is 552. The second-order valence-electron chi connectivity index (χ2n) is 9.91. The van der Waals surface area contributed by atoms with E-state index >= 15 is 0 Å². The maximum Gasteiger partial charge on any atom is 0.410 e. The lowest BCUT2D eigenvalue weighted by atomic mass is 9.96. The van der Waals surface area contributed by atoms with Gasteiger partial charge in [-0.15, -0.1) is 0 Å². The highest BCUT2D eigenvalue weighted by molar-refractivity contribution is 5.80. The van der Waals surface area contributed by atoms with E-state index in [4.69, 9.17) is 9.73 Å². The third-order valence-electron chi connectivity index (χ3n) is 5.98. The number of nitrogens with zero attached hydrogens (tertiary/aromatic N) is 4. The van der Waals surface area contributed by atoms with Crippen LogP contribution in [0.5, 0.6) is 0 Å². The minimum Gasteiger partial charge on any atom is -0.444 e. The lowest BCUT2D eigenvalue weighted by Gasteiger charge is -2.37. The number of carbonyl (C=O) groups excluding carboxylic acids is 1. The van der Waals surface area contributed by atoms with Crippen LogP contribution >= 0.6 is 0 Å². The molecule has 0 radical (unpaired) electrons. The summed E-state index contributed by atoms with van der Waals surface area (Å²) in [6.45, 7) is 17.6. The van der Waals surface area contributed by atoms with Gasteiger partial charge in [-0.2, -0.15) is 0 Å². The second kappa shape index (κ2) is 11.8. The molecule has 0 aliphatic carbocycles. The van der Waals surface area contributed by atoms with E-state index < -0.39 is 5.60 Å². The van der Waals surface area contributed by atoms with Crippen LogP contribution in [0.2, 0.25) is 0 Å². The van der Waals surface area contributed by atoms with Gasteiger partial charge in [0.15, 0.2) is 5.96 Å². The van der Waals surface area contributed by atoms with Gasteiger partial charge < -0.3 is 24.8 Å². The molecule has 174 valence electrons. The molecule has 30 heavy (non-hydrogen) atoms. The summed E-state index contributed by atoms with van der Waals surface area (Å²) in [6.07, 6.45) is 4.53. The van der Waals surface area contributed by atoms with Crippen molar-refractivity contribution in [3.05, 3.63) is 0 Å². The number of likely N-dealkylation sites (tertiary alicyclic amines) is 2. The Morgan fingerprint density at radius 3 is 2.40 bits per heavy atom. The zero-order valence-corrected chi connectivity index (χ0v) is 20.2. The molecule has 2 fully saturated rings. The molecule has 2 saturated heterocycles. The Morgan fingerprint density at radius 2 is 1.83 bits per heavy atom. The number of amides is 1. The van der Waals surface area contributed by atoms with E-state index in [-0.39, 0.29) is 6.09 Å². The summed E-state index contributed by atoms with van der Waals surface area (Å²) in [6, 6.07) is 0. The van der Waals surface area contributed by atoms with Crippen LogP contribution in [0.15, 0.2) is 4.99 Å². The fourth-order valence-electron chi connectivity index (χ4n) is 4.36. The largest absolute Gasteiger partial charge is 0.444 e. The summed E-state index contributed by atoms with van der Waals surface area (Å²) < 4.78 is 5.56. The molecule has 0 bridgehead atoms. The Morgan fingerprint density at radius 1 is 1.13 bits per heavy atom. The SMILES string of the molecule is CCNC(=NCC1CCCN(C)C1)N1CCC(CN(CC)C(=O)OC(C)(C)C)CC1. The van der Waals surface area contributed by atoms with Crippen LogP contribution in [-0.2, 0) is 4.74 Å². The molecule has 0 spiro atoms. The van der Waals surface area contributed by atoms with E-state index in [2.05, 4.69) is 29.1 Å². The molecule has 2 heterocycles. The molecule has 0 saturated carbocycles. The van der Waals surface area contributed by atoms with E-state index in [1.807, 2.05) is 32.6 Å². The van der Waals surface area contributed by atoms with Crippen LogP contribution in [0.3, 0.4) is 0 Å². The average Bonchev–Trinajstić information content (AvgIpc) is 2.68. The van der Waals surface area contributed by atoms with Crippen molar-refractivity contribution in [2.75, 3.05) is 59.4 Å². The van der Waals surface area contributed by atoms with Crippen molar-refractivity contribution in [2.24, 2.45) is 16.8 Å². The molecule has 0 aromatic heterocycles.